The molecule has 0 spiro atoms. The van der Waals surface area contributed by atoms with Gasteiger partial charge in [0, 0.05) is 32.9 Å². The first-order chi connectivity index (χ1) is 12.5. The second-order valence-electron chi connectivity index (χ2n) is 5.93. The number of anilines is 1. The van der Waals surface area contributed by atoms with Gasteiger partial charge in [0.15, 0.2) is 0 Å². The Morgan fingerprint density at radius 3 is 2.38 bits per heavy atom. The average Bonchev–Trinajstić information content (AvgIpc) is 2.63. The zero-order valence-corrected chi connectivity index (χ0v) is 16.5. The molecule has 3 rings (SSSR count). The molecule has 0 saturated heterocycles. The van der Waals surface area contributed by atoms with Crippen LogP contribution in [0.3, 0.4) is 0 Å². The van der Waals surface area contributed by atoms with Crippen molar-refractivity contribution in [2.24, 2.45) is 0 Å². The lowest BCUT2D eigenvalue weighted by Gasteiger charge is -2.12. The van der Waals surface area contributed by atoms with Crippen molar-refractivity contribution < 1.29 is 4.74 Å². The molecule has 5 heteroatoms. The molecule has 0 radical (unpaired) electrons. The van der Waals surface area contributed by atoms with E-state index in [0.29, 0.717) is 23.2 Å². The lowest BCUT2D eigenvalue weighted by atomic mass is 10.1. The highest BCUT2D eigenvalue weighted by Crippen LogP contribution is 2.25. The van der Waals surface area contributed by atoms with Gasteiger partial charge < -0.3 is 10.1 Å². The minimum Gasteiger partial charge on any atom is -0.489 e. The monoisotopic (exact) mass is 405 g/mol. The van der Waals surface area contributed by atoms with Crippen LogP contribution in [0.25, 0.3) is 0 Å². The highest BCUT2D eigenvalue weighted by atomic mass is 35.5. The molecule has 0 bridgehead atoms. The van der Waals surface area contributed by atoms with Gasteiger partial charge in [-0.25, -0.2) is 0 Å². The van der Waals surface area contributed by atoms with Crippen molar-refractivity contribution in [2.75, 3.05) is 5.32 Å². The van der Waals surface area contributed by atoms with Crippen molar-refractivity contribution in [1.82, 2.24) is 0 Å². The molecule has 0 amide bonds. The number of halogens is 3. The number of rotatable bonds is 6. The molecule has 0 saturated carbocycles. The van der Waals surface area contributed by atoms with Crippen LogP contribution in [-0.4, -0.2) is 0 Å². The Morgan fingerprint density at radius 1 is 0.885 bits per heavy atom. The van der Waals surface area contributed by atoms with Gasteiger partial charge in [0.25, 0.3) is 0 Å². The topological polar surface area (TPSA) is 21.3 Å². The van der Waals surface area contributed by atoms with Gasteiger partial charge in [0.1, 0.15) is 12.4 Å². The molecular formula is C21H18Cl3NO. The summed E-state index contributed by atoms with van der Waals surface area (Å²) >= 11 is 18.2. The van der Waals surface area contributed by atoms with E-state index in [-0.39, 0.29) is 0 Å². The normalized spacial score (nSPS) is 10.6. The van der Waals surface area contributed by atoms with Gasteiger partial charge >= 0.3 is 0 Å². The second-order valence-corrected chi connectivity index (χ2v) is 7.19. The summed E-state index contributed by atoms with van der Waals surface area (Å²) in [5.41, 5.74) is 4.14. The summed E-state index contributed by atoms with van der Waals surface area (Å²) in [5.74, 6) is 0.790. The number of benzene rings is 3. The number of hydrogen-bond acceptors (Lipinski definition) is 2. The molecule has 0 unspecified atom stereocenters. The Hall–Kier alpha value is -1.87. The maximum atomic E-state index is 6.16. The van der Waals surface area contributed by atoms with Gasteiger partial charge in [-0.05, 0) is 54.4 Å². The summed E-state index contributed by atoms with van der Waals surface area (Å²) < 4.78 is 5.80. The third-order valence-electron chi connectivity index (χ3n) is 4.08. The Labute approximate surface area is 168 Å². The molecule has 134 valence electrons. The SMILES string of the molecule is Cc1c(Cl)cccc1NCc1ccc(OCc2ccc(Cl)cc2Cl)cc1. The minimum absolute atomic E-state index is 0.398. The average molecular weight is 407 g/mol. The Bertz CT molecular complexity index is 894. The minimum atomic E-state index is 0.398. The molecule has 0 heterocycles. The first-order valence-corrected chi connectivity index (χ1v) is 9.31. The summed E-state index contributed by atoms with van der Waals surface area (Å²) in [6, 6.07) is 19.2. The Kier molecular flexibility index (Phi) is 6.31. The molecule has 0 atom stereocenters. The van der Waals surface area contributed by atoms with Gasteiger partial charge in [-0.15, -0.1) is 0 Å². The van der Waals surface area contributed by atoms with Crippen LogP contribution >= 0.6 is 34.8 Å². The fourth-order valence-corrected chi connectivity index (χ4v) is 3.14. The standard InChI is InChI=1S/C21H18Cl3NO/c1-14-19(23)3-2-4-21(14)25-12-15-5-9-18(10-6-15)26-13-16-7-8-17(22)11-20(16)24/h2-11,25H,12-13H2,1H3. The summed E-state index contributed by atoms with van der Waals surface area (Å²) in [6.07, 6.45) is 0. The van der Waals surface area contributed by atoms with E-state index in [0.717, 1.165) is 33.1 Å². The van der Waals surface area contributed by atoms with Crippen LogP contribution in [0, 0.1) is 6.92 Å². The van der Waals surface area contributed by atoms with Gasteiger partial charge in [0.05, 0.1) is 0 Å². The summed E-state index contributed by atoms with van der Waals surface area (Å²) in [4.78, 5) is 0. The van der Waals surface area contributed by atoms with Gasteiger partial charge in [-0.2, -0.15) is 0 Å². The van der Waals surface area contributed by atoms with E-state index in [1.807, 2.05) is 55.5 Å². The largest absolute Gasteiger partial charge is 0.489 e. The molecule has 3 aromatic rings. The predicted molar refractivity (Wildman–Crippen MR) is 111 cm³/mol. The lowest BCUT2D eigenvalue weighted by molar-refractivity contribution is 0.306. The van der Waals surface area contributed by atoms with E-state index in [2.05, 4.69) is 5.32 Å². The van der Waals surface area contributed by atoms with E-state index >= 15 is 0 Å². The summed E-state index contributed by atoms with van der Waals surface area (Å²) in [6.45, 7) is 3.11. The van der Waals surface area contributed by atoms with Crippen molar-refractivity contribution in [3.8, 4) is 5.75 Å². The van der Waals surface area contributed by atoms with Crippen LogP contribution in [0.5, 0.6) is 5.75 Å². The molecule has 0 aromatic heterocycles. The van der Waals surface area contributed by atoms with Crippen LogP contribution in [0.15, 0.2) is 60.7 Å². The molecule has 0 aliphatic carbocycles. The first kappa shape index (κ1) is 18.9. The quantitative estimate of drug-likeness (QED) is 0.469. The van der Waals surface area contributed by atoms with Crippen LogP contribution in [-0.2, 0) is 13.2 Å². The molecule has 0 aliphatic heterocycles. The number of hydrogen-bond donors (Lipinski definition) is 1. The van der Waals surface area contributed by atoms with E-state index in [4.69, 9.17) is 39.5 Å². The molecule has 26 heavy (non-hydrogen) atoms. The number of ether oxygens (including phenoxy) is 1. The number of nitrogens with one attached hydrogen (secondary N) is 1. The molecule has 0 aliphatic rings. The molecule has 3 aromatic carbocycles. The maximum absolute atomic E-state index is 6.16. The zero-order chi connectivity index (χ0) is 18.5. The van der Waals surface area contributed by atoms with Gasteiger partial charge in [-0.1, -0.05) is 59.1 Å². The van der Waals surface area contributed by atoms with Crippen molar-refractivity contribution >= 4 is 40.5 Å². The highest BCUT2D eigenvalue weighted by Gasteiger charge is 2.04. The van der Waals surface area contributed by atoms with E-state index in [9.17, 15) is 0 Å². The van der Waals surface area contributed by atoms with E-state index < -0.39 is 0 Å². The highest BCUT2D eigenvalue weighted by molar-refractivity contribution is 6.35. The third-order valence-corrected chi connectivity index (χ3v) is 5.08. The molecular weight excluding hydrogens is 389 g/mol. The maximum Gasteiger partial charge on any atom is 0.119 e. The fraction of sp³-hybridized carbons (Fsp3) is 0.143. The molecule has 2 nitrogen and oxygen atoms in total. The second kappa shape index (κ2) is 8.68. The smallest absolute Gasteiger partial charge is 0.119 e. The summed E-state index contributed by atoms with van der Waals surface area (Å²) in [7, 11) is 0. The van der Waals surface area contributed by atoms with E-state index in [1.165, 1.54) is 0 Å². The van der Waals surface area contributed by atoms with Crippen LogP contribution in [0.1, 0.15) is 16.7 Å². The molecule has 0 fully saturated rings. The lowest BCUT2D eigenvalue weighted by Crippen LogP contribution is -2.01. The van der Waals surface area contributed by atoms with Crippen molar-refractivity contribution in [3.63, 3.8) is 0 Å². The van der Waals surface area contributed by atoms with Gasteiger partial charge in [-0.3, -0.25) is 0 Å². The van der Waals surface area contributed by atoms with Crippen molar-refractivity contribution in [3.05, 3.63) is 92.4 Å². The van der Waals surface area contributed by atoms with E-state index in [1.54, 1.807) is 12.1 Å². The first-order valence-electron chi connectivity index (χ1n) is 8.17. The zero-order valence-electron chi connectivity index (χ0n) is 14.2. The van der Waals surface area contributed by atoms with Crippen LogP contribution < -0.4 is 10.1 Å². The molecule has 1 N–H and O–H groups in total. The Balaban J connectivity index is 1.57. The summed E-state index contributed by atoms with van der Waals surface area (Å²) in [5, 5.41) is 5.39. The van der Waals surface area contributed by atoms with Crippen LogP contribution in [0.2, 0.25) is 15.1 Å². The third kappa shape index (κ3) is 4.85. The van der Waals surface area contributed by atoms with Crippen molar-refractivity contribution in [2.45, 2.75) is 20.1 Å². The fourth-order valence-electron chi connectivity index (χ4n) is 2.50. The van der Waals surface area contributed by atoms with Crippen molar-refractivity contribution in [1.29, 1.82) is 0 Å². The van der Waals surface area contributed by atoms with Gasteiger partial charge in [0.2, 0.25) is 0 Å². The van der Waals surface area contributed by atoms with Crippen LogP contribution in [0.4, 0.5) is 5.69 Å². The Morgan fingerprint density at radius 2 is 1.65 bits per heavy atom. The predicted octanol–water partition coefficient (Wildman–Crippen LogP) is 7.15.